The minimum Gasteiger partial charge on any atom is -0.301 e. The van der Waals surface area contributed by atoms with E-state index < -0.39 is 17.8 Å². The number of nitrogens with zero attached hydrogens (tertiary/aromatic N) is 2. The normalized spacial score (nSPS) is 16.7. The fourth-order valence-corrected chi connectivity index (χ4v) is 1.04. The number of aldehydes is 1. The molecule has 70 valence electrons. The molecule has 0 aromatic heterocycles. The summed E-state index contributed by atoms with van der Waals surface area (Å²) in [6, 6.07) is -0.718. The molecular formula is C7H8N2O4. The van der Waals surface area contributed by atoms with Crippen LogP contribution in [-0.4, -0.2) is 47.0 Å². The molecule has 0 unspecified atom stereocenters. The van der Waals surface area contributed by atoms with Gasteiger partial charge in [0.2, 0.25) is 5.91 Å². The van der Waals surface area contributed by atoms with Crippen LogP contribution in [0.2, 0.25) is 0 Å². The van der Waals surface area contributed by atoms with Crippen LogP contribution in [0, 0.1) is 0 Å². The molecule has 13 heavy (non-hydrogen) atoms. The molecule has 6 heteroatoms. The fraction of sp³-hybridized carbons (Fsp3) is 0.429. The van der Waals surface area contributed by atoms with Crippen molar-refractivity contribution in [3.63, 3.8) is 0 Å². The van der Waals surface area contributed by atoms with Crippen molar-refractivity contribution in [2.24, 2.45) is 0 Å². The van der Waals surface area contributed by atoms with Crippen molar-refractivity contribution in [2.75, 3.05) is 13.1 Å². The summed E-state index contributed by atoms with van der Waals surface area (Å²) in [6.45, 7) is 0.638. The monoisotopic (exact) mass is 184 g/mol. The Morgan fingerprint density at radius 3 is 2.54 bits per heavy atom. The summed E-state index contributed by atoms with van der Waals surface area (Å²) in [5.74, 6) is -1.01. The van der Waals surface area contributed by atoms with Crippen LogP contribution >= 0.6 is 0 Å². The Bertz CT molecular complexity index is 286. The van der Waals surface area contributed by atoms with E-state index in [1.807, 2.05) is 0 Å². The average Bonchev–Trinajstić information content (AvgIpc) is 2.32. The molecule has 1 rings (SSSR count). The van der Waals surface area contributed by atoms with Crippen molar-refractivity contribution >= 4 is 24.1 Å². The van der Waals surface area contributed by atoms with E-state index in [4.69, 9.17) is 0 Å². The van der Waals surface area contributed by atoms with Crippen LogP contribution in [0.5, 0.6) is 0 Å². The Morgan fingerprint density at radius 1 is 1.54 bits per heavy atom. The Labute approximate surface area is 74.1 Å². The molecule has 4 amide bonds. The van der Waals surface area contributed by atoms with E-state index in [1.165, 1.54) is 6.92 Å². The van der Waals surface area contributed by atoms with Crippen molar-refractivity contribution in [3.05, 3.63) is 0 Å². The predicted molar refractivity (Wildman–Crippen MR) is 40.6 cm³/mol. The van der Waals surface area contributed by atoms with Crippen LogP contribution in [0.15, 0.2) is 0 Å². The Morgan fingerprint density at radius 2 is 2.15 bits per heavy atom. The van der Waals surface area contributed by atoms with Crippen molar-refractivity contribution in [2.45, 2.75) is 6.92 Å². The summed E-state index contributed by atoms with van der Waals surface area (Å²) in [5.41, 5.74) is 0. The number of hydrogen-bond donors (Lipinski definition) is 0. The Hall–Kier alpha value is -1.72. The van der Waals surface area contributed by atoms with E-state index in [-0.39, 0.29) is 13.1 Å². The zero-order valence-corrected chi connectivity index (χ0v) is 7.02. The lowest BCUT2D eigenvalue weighted by atomic mass is 10.5. The standard InChI is InChI=1S/C7H8N2O4/c1-5(11)9-4-6(12)8(2-3-10)7(9)13/h3H,2,4H2,1H3. The third-order valence-corrected chi connectivity index (χ3v) is 1.69. The number of amides is 4. The van der Waals surface area contributed by atoms with Gasteiger partial charge in [-0.15, -0.1) is 0 Å². The number of rotatable bonds is 2. The molecule has 0 aromatic carbocycles. The maximum absolute atomic E-state index is 11.2. The molecule has 0 spiro atoms. The highest BCUT2D eigenvalue weighted by Gasteiger charge is 2.37. The van der Waals surface area contributed by atoms with Gasteiger partial charge in [-0.1, -0.05) is 0 Å². The molecule has 0 aromatic rings. The van der Waals surface area contributed by atoms with E-state index in [9.17, 15) is 19.2 Å². The van der Waals surface area contributed by atoms with Gasteiger partial charge < -0.3 is 4.79 Å². The molecule has 0 aliphatic carbocycles. The third kappa shape index (κ3) is 1.56. The molecule has 1 aliphatic rings. The van der Waals surface area contributed by atoms with Crippen LogP contribution in [0.3, 0.4) is 0 Å². The van der Waals surface area contributed by atoms with E-state index >= 15 is 0 Å². The van der Waals surface area contributed by atoms with E-state index in [0.29, 0.717) is 6.29 Å². The van der Waals surface area contributed by atoms with Crippen molar-refractivity contribution in [3.8, 4) is 0 Å². The lowest BCUT2D eigenvalue weighted by Gasteiger charge is -2.10. The quantitative estimate of drug-likeness (QED) is 0.407. The molecule has 1 saturated heterocycles. The number of carbonyl (C=O) groups excluding carboxylic acids is 4. The summed E-state index contributed by atoms with van der Waals surface area (Å²) in [4.78, 5) is 44.7. The first-order valence-corrected chi connectivity index (χ1v) is 3.64. The summed E-state index contributed by atoms with van der Waals surface area (Å²) >= 11 is 0. The number of urea groups is 1. The van der Waals surface area contributed by atoms with Gasteiger partial charge in [0, 0.05) is 6.92 Å². The van der Waals surface area contributed by atoms with Gasteiger partial charge in [0.15, 0.2) is 0 Å². The molecule has 1 fully saturated rings. The fourth-order valence-electron chi connectivity index (χ4n) is 1.04. The van der Waals surface area contributed by atoms with Gasteiger partial charge in [-0.05, 0) is 0 Å². The van der Waals surface area contributed by atoms with Gasteiger partial charge in [-0.25, -0.2) is 4.79 Å². The van der Waals surface area contributed by atoms with Crippen LogP contribution in [0.4, 0.5) is 4.79 Å². The highest BCUT2D eigenvalue weighted by molar-refractivity contribution is 6.10. The first-order chi connectivity index (χ1) is 6.07. The number of hydrogen-bond acceptors (Lipinski definition) is 4. The van der Waals surface area contributed by atoms with E-state index in [0.717, 1.165) is 9.80 Å². The molecular weight excluding hydrogens is 176 g/mol. The molecule has 0 saturated carbocycles. The predicted octanol–water partition coefficient (Wildman–Crippen LogP) is -1.00. The smallest absolute Gasteiger partial charge is 0.301 e. The van der Waals surface area contributed by atoms with Gasteiger partial charge >= 0.3 is 6.03 Å². The lowest BCUT2D eigenvalue weighted by Crippen LogP contribution is -2.36. The minimum atomic E-state index is -0.718. The summed E-state index contributed by atoms with van der Waals surface area (Å²) in [5, 5.41) is 0. The highest BCUT2D eigenvalue weighted by atomic mass is 16.2. The van der Waals surface area contributed by atoms with Crippen molar-refractivity contribution in [1.82, 2.24) is 9.80 Å². The zero-order chi connectivity index (χ0) is 10.0. The van der Waals surface area contributed by atoms with Crippen LogP contribution in [-0.2, 0) is 14.4 Å². The molecule has 1 aliphatic heterocycles. The van der Waals surface area contributed by atoms with E-state index in [1.54, 1.807) is 0 Å². The van der Waals surface area contributed by atoms with Crippen LogP contribution in [0.1, 0.15) is 6.92 Å². The minimum absolute atomic E-state index is 0.262. The highest BCUT2D eigenvalue weighted by Crippen LogP contribution is 2.08. The van der Waals surface area contributed by atoms with Gasteiger partial charge in [0.25, 0.3) is 5.91 Å². The second-order valence-corrected chi connectivity index (χ2v) is 2.56. The third-order valence-electron chi connectivity index (χ3n) is 1.69. The summed E-state index contributed by atoms with van der Waals surface area (Å²) in [7, 11) is 0. The van der Waals surface area contributed by atoms with E-state index in [2.05, 4.69) is 0 Å². The molecule has 0 atom stereocenters. The maximum Gasteiger partial charge on any atom is 0.334 e. The van der Waals surface area contributed by atoms with Crippen LogP contribution < -0.4 is 0 Å². The first kappa shape index (κ1) is 9.37. The zero-order valence-electron chi connectivity index (χ0n) is 7.02. The average molecular weight is 184 g/mol. The number of imide groups is 2. The molecule has 6 nitrogen and oxygen atoms in total. The molecule has 1 heterocycles. The molecule has 0 N–H and O–H groups in total. The molecule has 0 radical (unpaired) electrons. The van der Waals surface area contributed by atoms with Gasteiger partial charge in [0.1, 0.15) is 12.8 Å². The number of carbonyl (C=O) groups is 4. The summed E-state index contributed by atoms with van der Waals surface area (Å²) in [6.07, 6.45) is 0.444. The van der Waals surface area contributed by atoms with Gasteiger partial charge in [-0.2, -0.15) is 0 Å². The second kappa shape index (κ2) is 3.34. The van der Waals surface area contributed by atoms with Crippen LogP contribution in [0.25, 0.3) is 0 Å². The van der Waals surface area contributed by atoms with Crippen molar-refractivity contribution < 1.29 is 19.2 Å². The van der Waals surface area contributed by atoms with Gasteiger partial charge in [-0.3, -0.25) is 19.4 Å². The van der Waals surface area contributed by atoms with Crippen molar-refractivity contribution in [1.29, 1.82) is 0 Å². The molecule has 0 bridgehead atoms. The largest absolute Gasteiger partial charge is 0.334 e. The Balaban J connectivity index is 2.81. The Kier molecular flexibility index (Phi) is 2.41. The SMILES string of the molecule is CC(=O)N1CC(=O)N(CC=O)C1=O. The topological polar surface area (TPSA) is 74.8 Å². The summed E-state index contributed by atoms with van der Waals surface area (Å²) < 4.78 is 0. The maximum atomic E-state index is 11.2. The first-order valence-electron chi connectivity index (χ1n) is 3.64. The lowest BCUT2D eigenvalue weighted by molar-refractivity contribution is -0.130. The second-order valence-electron chi connectivity index (χ2n) is 2.56. The van der Waals surface area contributed by atoms with Gasteiger partial charge in [0.05, 0.1) is 6.54 Å².